The van der Waals surface area contributed by atoms with E-state index in [4.69, 9.17) is 4.74 Å². The van der Waals surface area contributed by atoms with Gasteiger partial charge >= 0.3 is 11.9 Å². The highest BCUT2D eigenvalue weighted by molar-refractivity contribution is 6.07. The fourth-order valence-corrected chi connectivity index (χ4v) is 3.37. The topological polar surface area (TPSA) is 69.7 Å². The first-order valence-corrected chi connectivity index (χ1v) is 6.38. The van der Waals surface area contributed by atoms with Crippen LogP contribution in [0.3, 0.4) is 0 Å². The molecule has 5 heteroatoms. The summed E-state index contributed by atoms with van der Waals surface area (Å²) >= 11 is 0. The number of ketones is 1. The van der Waals surface area contributed by atoms with Gasteiger partial charge in [0.2, 0.25) is 0 Å². The van der Waals surface area contributed by atoms with Gasteiger partial charge in [0.15, 0.2) is 5.78 Å². The van der Waals surface area contributed by atoms with E-state index in [9.17, 15) is 14.4 Å². The lowest BCUT2D eigenvalue weighted by molar-refractivity contribution is -0.152. The van der Waals surface area contributed by atoms with E-state index in [1.165, 1.54) is 20.3 Å². The van der Waals surface area contributed by atoms with E-state index >= 15 is 0 Å². The van der Waals surface area contributed by atoms with E-state index in [1.54, 1.807) is 0 Å². The number of hydrogen-bond donors (Lipinski definition) is 0. The third kappa shape index (κ3) is 1.97. The van der Waals surface area contributed by atoms with Gasteiger partial charge in [0.05, 0.1) is 25.7 Å². The van der Waals surface area contributed by atoms with Crippen molar-refractivity contribution in [2.75, 3.05) is 14.2 Å². The molecular weight excluding hydrogens is 248 g/mol. The second kappa shape index (κ2) is 4.79. The quantitative estimate of drug-likeness (QED) is 0.704. The molecular formula is C14H18O5. The summed E-state index contributed by atoms with van der Waals surface area (Å²) in [5.74, 6) is -2.05. The number of hydrogen-bond acceptors (Lipinski definition) is 5. The van der Waals surface area contributed by atoms with Crippen LogP contribution >= 0.6 is 0 Å². The lowest BCUT2D eigenvalue weighted by atomic mass is 9.64. The highest BCUT2D eigenvalue weighted by Crippen LogP contribution is 2.52. The van der Waals surface area contributed by atoms with Crippen LogP contribution in [-0.4, -0.2) is 31.9 Å². The van der Waals surface area contributed by atoms with Crippen LogP contribution in [-0.2, 0) is 23.9 Å². The van der Waals surface area contributed by atoms with Crippen LogP contribution < -0.4 is 0 Å². The maximum Gasteiger partial charge on any atom is 0.334 e. The van der Waals surface area contributed by atoms with Crippen molar-refractivity contribution in [1.29, 1.82) is 0 Å². The van der Waals surface area contributed by atoms with E-state index in [1.807, 2.05) is 6.92 Å². The number of carbonyl (C=O) groups excluding carboxylic acids is 3. The third-order valence-corrected chi connectivity index (χ3v) is 4.49. The van der Waals surface area contributed by atoms with Gasteiger partial charge in [-0.05, 0) is 24.8 Å². The summed E-state index contributed by atoms with van der Waals surface area (Å²) in [5, 5.41) is 0. The molecule has 2 rings (SSSR count). The molecule has 19 heavy (non-hydrogen) atoms. The molecule has 0 spiro atoms. The van der Waals surface area contributed by atoms with E-state index in [0.29, 0.717) is 0 Å². The molecule has 5 nitrogen and oxygen atoms in total. The number of rotatable bonds is 2. The van der Waals surface area contributed by atoms with Gasteiger partial charge in [0.25, 0.3) is 0 Å². The Balaban J connectivity index is 2.50. The minimum atomic E-state index is -0.692. The molecule has 2 aliphatic carbocycles. The largest absolute Gasteiger partial charge is 0.469 e. The van der Waals surface area contributed by atoms with Crippen molar-refractivity contribution >= 4 is 17.7 Å². The van der Waals surface area contributed by atoms with Gasteiger partial charge in [-0.2, -0.15) is 0 Å². The number of methoxy groups -OCH3 is 2. The zero-order valence-electron chi connectivity index (χ0n) is 11.4. The second-order valence-electron chi connectivity index (χ2n) is 5.37. The van der Waals surface area contributed by atoms with Crippen molar-refractivity contribution in [2.24, 2.45) is 17.3 Å². The van der Waals surface area contributed by atoms with E-state index in [-0.39, 0.29) is 17.3 Å². The number of fused-ring (bicyclic) bond motifs is 1. The summed E-state index contributed by atoms with van der Waals surface area (Å²) in [5.41, 5.74) is -0.431. The van der Waals surface area contributed by atoms with Gasteiger partial charge in [-0.1, -0.05) is 13.3 Å². The van der Waals surface area contributed by atoms with Crippen molar-refractivity contribution in [3.63, 3.8) is 0 Å². The number of allylic oxidation sites excluding steroid dienone is 1. The Kier molecular flexibility index (Phi) is 3.47. The van der Waals surface area contributed by atoms with Gasteiger partial charge in [0, 0.05) is 5.41 Å². The lowest BCUT2D eigenvalue weighted by Gasteiger charge is -2.37. The molecule has 0 heterocycles. The fraction of sp³-hybridized carbons (Fsp3) is 0.643. The van der Waals surface area contributed by atoms with Gasteiger partial charge < -0.3 is 9.47 Å². The monoisotopic (exact) mass is 266 g/mol. The second-order valence-corrected chi connectivity index (χ2v) is 5.37. The predicted molar refractivity (Wildman–Crippen MR) is 66.1 cm³/mol. The minimum absolute atomic E-state index is 0.0875. The Hall–Kier alpha value is -1.65. The summed E-state index contributed by atoms with van der Waals surface area (Å²) in [6, 6.07) is 0. The molecule has 3 atom stereocenters. The van der Waals surface area contributed by atoms with E-state index < -0.39 is 23.3 Å². The Labute approximate surface area is 111 Å². The van der Waals surface area contributed by atoms with Crippen LogP contribution in [0.4, 0.5) is 0 Å². The van der Waals surface area contributed by atoms with Crippen molar-refractivity contribution in [3.05, 3.63) is 11.6 Å². The summed E-state index contributed by atoms with van der Waals surface area (Å²) < 4.78 is 9.48. The lowest BCUT2D eigenvalue weighted by Crippen LogP contribution is -2.44. The highest BCUT2D eigenvalue weighted by atomic mass is 16.5. The van der Waals surface area contributed by atoms with Crippen molar-refractivity contribution in [1.82, 2.24) is 0 Å². The first kappa shape index (κ1) is 13.8. The predicted octanol–water partition coefficient (Wildman–Crippen LogP) is 1.26. The van der Waals surface area contributed by atoms with E-state index in [0.717, 1.165) is 19.3 Å². The minimum Gasteiger partial charge on any atom is -0.469 e. The first-order chi connectivity index (χ1) is 8.95. The highest BCUT2D eigenvalue weighted by Gasteiger charge is 2.55. The maximum atomic E-state index is 12.2. The molecule has 0 bridgehead atoms. The number of esters is 2. The summed E-state index contributed by atoms with van der Waals surface area (Å²) in [6.45, 7) is 1.87. The Morgan fingerprint density at radius 1 is 1.32 bits per heavy atom. The molecule has 0 radical (unpaired) electrons. The van der Waals surface area contributed by atoms with Gasteiger partial charge in [0.1, 0.15) is 0 Å². The smallest absolute Gasteiger partial charge is 0.334 e. The van der Waals surface area contributed by atoms with Crippen LogP contribution in [0.25, 0.3) is 0 Å². The summed E-state index contributed by atoms with van der Waals surface area (Å²) in [6.07, 6.45) is 3.64. The molecule has 0 saturated heterocycles. The molecule has 0 aromatic heterocycles. The average Bonchev–Trinajstić information content (AvgIpc) is 2.80. The Morgan fingerprint density at radius 3 is 2.58 bits per heavy atom. The zero-order chi connectivity index (χ0) is 14.2. The standard InChI is InChI=1S/C14H18O5/c1-14-6-4-5-9(14)11(13(17)19-3)8(7-10(14)15)12(16)18-2/h7,9,11H,4-6H2,1-3H3/t9-,11-,14-/m1/s1. The molecule has 0 amide bonds. The summed E-state index contributed by atoms with van der Waals surface area (Å²) in [7, 11) is 2.53. The molecule has 0 aromatic carbocycles. The average molecular weight is 266 g/mol. The SMILES string of the molecule is COC(=O)C1=CC(=O)[C@]2(C)CCC[C@@H]2[C@@H]1C(=O)OC. The molecule has 0 unspecified atom stereocenters. The normalized spacial score (nSPS) is 33.4. The van der Waals surface area contributed by atoms with Crippen LogP contribution in [0.15, 0.2) is 11.6 Å². The molecule has 1 saturated carbocycles. The molecule has 0 aromatic rings. The van der Waals surface area contributed by atoms with Crippen LogP contribution in [0.5, 0.6) is 0 Å². The zero-order valence-corrected chi connectivity index (χ0v) is 11.4. The fourth-order valence-electron chi connectivity index (χ4n) is 3.37. The van der Waals surface area contributed by atoms with Crippen LogP contribution in [0, 0.1) is 17.3 Å². The van der Waals surface area contributed by atoms with E-state index in [2.05, 4.69) is 4.74 Å². The first-order valence-electron chi connectivity index (χ1n) is 6.38. The van der Waals surface area contributed by atoms with Gasteiger partial charge in [-0.25, -0.2) is 4.79 Å². The third-order valence-electron chi connectivity index (χ3n) is 4.49. The van der Waals surface area contributed by atoms with Gasteiger partial charge in [-0.3, -0.25) is 9.59 Å². The summed E-state index contributed by atoms with van der Waals surface area (Å²) in [4.78, 5) is 36.0. The Bertz CT molecular complexity index is 464. The molecule has 0 aliphatic heterocycles. The van der Waals surface area contributed by atoms with Gasteiger partial charge in [-0.15, -0.1) is 0 Å². The van der Waals surface area contributed by atoms with Crippen molar-refractivity contribution in [2.45, 2.75) is 26.2 Å². The maximum absolute atomic E-state index is 12.2. The molecule has 0 N–H and O–H groups in total. The molecule has 104 valence electrons. The molecule has 2 aliphatic rings. The van der Waals surface area contributed by atoms with Crippen LogP contribution in [0.2, 0.25) is 0 Å². The van der Waals surface area contributed by atoms with Crippen molar-refractivity contribution < 1.29 is 23.9 Å². The Morgan fingerprint density at radius 2 is 2.00 bits per heavy atom. The van der Waals surface area contributed by atoms with Crippen LogP contribution in [0.1, 0.15) is 26.2 Å². The van der Waals surface area contributed by atoms with Crippen molar-refractivity contribution in [3.8, 4) is 0 Å². The molecule has 1 fully saturated rings. The number of carbonyl (C=O) groups is 3. The number of ether oxygens (including phenoxy) is 2.